The smallest absolute Gasteiger partial charge is 0.209 e. The third-order valence-electron chi connectivity index (χ3n) is 1.38. The van der Waals surface area contributed by atoms with E-state index in [4.69, 9.17) is 0 Å². The van der Waals surface area contributed by atoms with Crippen LogP contribution in [0.25, 0.3) is 0 Å². The lowest BCUT2D eigenvalue weighted by atomic mass is 10.3. The molecule has 3 heteroatoms. The Labute approximate surface area is 81.8 Å². The molecule has 1 aliphatic rings. The van der Waals surface area contributed by atoms with Crippen LogP contribution in [0.2, 0.25) is 0 Å². The van der Waals surface area contributed by atoms with E-state index in [2.05, 4.69) is 4.99 Å². The number of rotatable bonds is 1. The lowest BCUT2D eigenvalue weighted by molar-refractivity contribution is -0.105. The van der Waals surface area contributed by atoms with Crippen LogP contribution in [0.15, 0.2) is 28.9 Å². The number of halogens is 1. The quantitative estimate of drug-likeness (QED) is 0.533. The maximum absolute atomic E-state index is 10.8. The van der Waals surface area contributed by atoms with E-state index in [-0.39, 0.29) is 3.79 Å². The molecular weight excluding hydrogens is 265 g/mol. The Kier molecular flexibility index (Phi) is 3.52. The van der Waals surface area contributed by atoms with Crippen LogP contribution in [0.5, 0.6) is 0 Å². The van der Waals surface area contributed by atoms with Gasteiger partial charge < -0.3 is 0 Å². The minimum atomic E-state index is -0.434. The molecule has 0 aliphatic carbocycles. The molecule has 1 heterocycles. The predicted molar refractivity (Wildman–Crippen MR) is 61.1 cm³/mol. The standard InChI is InChI=1S/C9H10INO/c1-3-7(2)11-8-4-5-9(12)10-6-8/h3-6H,1-2H3/b7-3+,11-8?. The van der Waals surface area contributed by atoms with Crippen LogP contribution in [0, 0.1) is 0 Å². The molecule has 2 nitrogen and oxygen atoms in total. The Hall–Kier alpha value is -0.580. The lowest BCUT2D eigenvalue weighted by Crippen LogP contribution is -1.99. The number of carbonyl (C=O) groups is 1. The number of nitrogens with zero attached hydrogens (tertiary/aromatic N) is 1. The van der Waals surface area contributed by atoms with E-state index in [0.29, 0.717) is 0 Å². The van der Waals surface area contributed by atoms with Crippen molar-refractivity contribution in [1.29, 1.82) is 0 Å². The molecule has 0 N–H and O–H groups in total. The van der Waals surface area contributed by atoms with Gasteiger partial charge in [-0.25, -0.2) is 0 Å². The summed E-state index contributed by atoms with van der Waals surface area (Å²) in [6.07, 6.45) is 5.34. The van der Waals surface area contributed by atoms with Gasteiger partial charge in [0.05, 0.1) is 5.71 Å². The molecule has 0 aromatic heterocycles. The van der Waals surface area contributed by atoms with Crippen LogP contribution in [0.3, 0.4) is 0 Å². The van der Waals surface area contributed by atoms with Crippen molar-refractivity contribution in [3.63, 3.8) is 0 Å². The maximum atomic E-state index is 10.8. The number of hydrogen-bond acceptors (Lipinski definition) is 2. The zero-order valence-electron chi connectivity index (χ0n) is 7.04. The summed E-state index contributed by atoms with van der Waals surface area (Å²) in [4.78, 5) is 15.1. The molecule has 64 valence electrons. The first kappa shape index (κ1) is 9.51. The number of carbonyl (C=O) groups excluding carboxylic acids is 1. The minimum Gasteiger partial charge on any atom is -0.283 e. The fraction of sp³-hybridized carbons (Fsp3) is 0.222. The van der Waals surface area contributed by atoms with Crippen LogP contribution >= 0.6 is 20.7 Å². The molecule has 0 radical (unpaired) electrons. The third kappa shape index (κ3) is 2.81. The lowest BCUT2D eigenvalue weighted by Gasteiger charge is -1.97. The first-order chi connectivity index (χ1) is 5.72. The molecule has 0 saturated heterocycles. The van der Waals surface area contributed by atoms with E-state index in [1.54, 1.807) is 12.2 Å². The van der Waals surface area contributed by atoms with Gasteiger partial charge in [-0.3, -0.25) is 9.79 Å². The van der Waals surface area contributed by atoms with Gasteiger partial charge in [-0.2, -0.15) is 0 Å². The molecule has 0 saturated carbocycles. The van der Waals surface area contributed by atoms with Gasteiger partial charge in [0.15, 0.2) is 0 Å². The summed E-state index contributed by atoms with van der Waals surface area (Å²) < 4.78 is 2.21. The van der Waals surface area contributed by atoms with Crippen molar-refractivity contribution in [1.82, 2.24) is 0 Å². The molecule has 0 fully saturated rings. The van der Waals surface area contributed by atoms with Gasteiger partial charge >= 0.3 is 0 Å². The second-order valence-corrected chi connectivity index (χ2v) is 4.63. The molecule has 0 bridgehead atoms. The van der Waals surface area contributed by atoms with E-state index in [9.17, 15) is 4.79 Å². The molecule has 0 atom stereocenters. The van der Waals surface area contributed by atoms with Gasteiger partial charge in [0.1, 0.15) is 0 Å². The average Bonchev–Trinajstić information content (AvgIpc) is 2.09. The molecule has 12 heavy (non-hydrogen) atoms. The van der Waals surface area contributed by atoms with E-state index < -0.39 is 20.7 Å². The summed E-state index contributed by atoms with van der Waals surface area (Å²) in [5.74, 6) is 0. The first-order valence-corrected chi connectivity index (χ1v) is 5.95. The van der Waals surface area contributed by atoms with Gasteiger partial charge in [0.25, 0.3) is 0 Å². The van der Waals surface area contributed by atoms with E-state index in [1.807, 2.05) is 23.9 Å². The molecule has 0 amide bonds. The van der Waals surface area contributed by atoms with Gasteiger partial charge in [-0.15, -0.1) is 0 Å². The molecule has 0 aromatic rings. The second-order valence-electron chi connectivity index (χ2n) is 2.32. The van der Waals surface area contributed by atoms with Crippen molar-refractivity contribution in [2.75, 3.05) is 0 Å². The topological polar surface area (TPSA) is 29.4 Å². The molecule has 1 aliphatic heterocycles. The zero-order chi connectivity index (χ0) is 8.97. The monoisotopic (exact) mass is 275 g/mol. The molecule has 0 aromatic carbocycles. The fourth-order valence-corrected chi connectivity index (χ4v) is 2.02. The second kappa shape index (κ2) is 4.45. The summed E-state index contributed by atoms with van der Waals surface area (Å²) in [6, 6.07) is 0. The largest absolute Gasteiger partial charge is 0.283 e. The van der Waals surface area contributed by atoms with Crippen LogP contribution in [-0.2, 0) is 4.79 Å². The van der Waals surface area contributed by atoms with Crippen molar-refractivity contribution < 1.29 is 4.79 Å². The summed E-state index contributed by atoms with van der Waals surface area (Å²) in [6.45, 7) is 3.90. The molecule has 0 unspecified atom stereocenters. The van der Waals surface area contributed by atoms with E-state index >= 15 is 0 Å². The van der Waals surface area contributed by atoms with Crippen molar-refractivity contribution in [2.24, 2.45) is 4.99 Å². The van der Waals surface area contributed by atoms with Crippen LogP contribution in [-0.4, -0.2) is 13.5 Å². The van der Waals surface area contributed by atoms with Crippen LogP contribution in [0.4, 0.5) is 0 Å². The Morgan fingerprint density at radius 1 is 1.58 bits per heavy atom. The van der Waals surface area contributed by atoms with Crippen molar-refractivity contribution in [3.8, 4) is 0 Å². The Morgan fingerprint density at radius 3 is 2.83 bits per heavy atom. The maximum Gasteiger partial charge on any atom is 0.209 e. The van der Waals surface area contributed by atoms with Crippen molar-refractivity contribution >= 4 is 34.2 Å². The Bertz CT molecular complexity index is 292. The Balaban J connectivity index is 2.80. The van der Waals surface area contributed by atoms with Gasteiger partial charge in [-0.1, -0.05) is 6.08 Å². The van der Waals surface area contributed by atoms with E-state index in [1.165, 1.54) is 0 Å². The average molecular weight is 275 g/mol. The van der Waals surface area contributed by atoms with Gasteiger partial charge in [-0.05, 0) is 46.7 Å². The molecule has 0 spiro atoms. The highest BCUT2D eigenvalue weighted by Gasteiger charge is 1.99. The van der Waals surface area contributed by atoms with Crippen LogP contribution < -0.4 is 0 Å². The molecule has 1 rings (SSSR count). The zero-order valence-corrected chi connectivity index (χ0v) is 9.20. The highest BCUT2D eigenvalue weighted by molar-refractivity contribution is 14.2. The first-order valence-electron chi connectivity index (χ1n) is 3.62. The fourth-order valence-electron chi connectivity index (χ4n) is 0.663. The number of aliphatic imine (C=N–C) groups is 1. The van der Waals surface area contributed by atoms with Crippen molar-refractivity contribution in [2.45, 2.75) is 13.8 Å². The van der Waals surface area contributed by atoms with E-state index in [0.717, 1.165) is 11.4 Å². The van der Waals surface area contributed by atoms with Gasteiger partial charge in [0, 0.05) is 9.71 Å². The van der Waals surface area contributed by atoms with Gasteiger partial charge in [0.2, 0.25) is 3.79 Å². The predicted octanol–water partition coefficient (Wildman–Crippen LogP) is 2.22. The normalized spacial score (nSPS) is 21.3. The van der Waals surface area contributed by atoms with Crippen LogP contribution in [0.1, 0.15) is 13.8 Å². The minimum absolute atomic E-state index is 0.255. The summed E-state index contributed by atoms with van der Waals surface area (Å²) >= 11 is -0.434. The number of allylic oxidation sites excluding steroid dienone is 4. The summed E-state index contributed by atoms with van der Waals surface area (Å²) in [5, 5.41) is 0. The summed E-state index contributed by atoms with van der Waals surface area (Å²) in [7, 11) is 0. The SMILES string of the molecule is C/C=C(\C)N=C1C=CC(=O)I=C1. The third-order valence-corrected chi connectivity index (χ3v) is 3.31. The molecular formula is C9H10INO. The Morgan fingerprint density at radius 2 is 2.33 bits per heavy atom. The van der Waals surface area contributed by atoms with Crippen molar-refractivity contribution in [3.05, 3.63) is 23.9 Å². The highest BCUT2D eigenvalue weighted by atomic mass is 127. The highest BCUT2D eigenvalue weighted by Crippen LogP contribution is 2.06. The number of hydrogen-bond donors (Lipinski definition) is 0. The summed E-state index contributed by atoms with van der Waals surface area (Å²) in [5.41, 5.74) is 1.92.